The Morgan fingerprint density at radius 3 is 0.718 bits per heavy atom. The van der Waals surface area contributed by atoms with E-state index in [0.717, 1.165) is 0 Å². The second-order valence-electron chi connectivity index (χ2n) is 9.47. The van der Waals surface area contributed by atoms with E-state index in [2.05, 4.69) is 183 Å². The van der Waals surface area contributed by atoms with Gasteiger partial charge in [-0.1, -0.05) is 0 Å². The molecule has 39 heavy (non-hydrogen) atoms. The maximum absolute atomic E-state index is 3.45. The zero-order valence-corrected chi connectivity index (χ0v) is 34.0. The van der Waals surface area contributed by atoms with E-state index in [9.17, 15) is 0 Å². The SMILES string of the molecule is [Se]P(=[Se])(CCc1ccccc1)CCc1ccccc1.[Se]P(=[Se])(CCc1ccccc1)CCc1ccccc1.[Zn]. The van der Waals surface area contributed by atoms with Gasteiger partial charge >= 0.3 is 264 Å². The Labute approximate surface area is 280 Å². The van der Waals surface area contributed by atoms with Gasteiger partial charge < -0.3 is 0 Å². The Balaban J connectivity index is 0.000000267. The summed E-state index contributed by atoms with van der Waals surface area (Å²) in [5.74, 6) is 0. The van der Waals surface area contributed by atoms with E-state index in [1.54, 1.807) is 0 Å². The van der Waals surface area contributed by atoms with Crippen molar-refractivity contribution in [1.82, 2.24) is 0 Å². The van der Waals surface area contributed by atoms with E-state index < -0.39 is 8.40 Å². The Kier molecular flexibility index (Phi) is 17.9. The fraction of sp³-hybridized carbons (Fsp3) is 0.250. The van der Waals surface area contributed by atoms with Crippen molar-refractivity contribution < 1.29 is 19.5 Å². The van der Waals surface area contributed by atoms with Crippen LogP contribution in [-0.4, -0.2) is 86.0 Å². The van der Waals surface area contributed by atoms with E-state index in [4.69, 9.17) is 0 Å². The molecule has 0 aliphatic rings. The maximum atomic E-state index is 3.45. The van der Waals surface area contributed by atoms with E-state index in [-0.39, 0.29) is 19.5 Å². The quantitative estimate of drug-likeness (QED) is 0.104. The van der Waals surface area contributed by atoms with Crippen molar-refractivity contribution >= 4 is 69.7 Å². The molecule has 0 N–H and O–H groups in total. The molecule has 0 aromatic heterocycles. The molecule has 4 aromatic carbocycles. The topological polar surface area (TPSA) is 0 Å². The van der Waals surface area contributed by atoms with Crippen molar-refractivity contribution in [2.24, 2.45) is 0 Å². The number of rotatable bonds is 12. The van der Waals surface area contributed by atoms with Gasteiger partial charge in [-0.25, -0.2) is 0 Å². The zero-order chi connectivity index (χ0) is 27.1. The third-order valence-electron chi connectivity index (χ3n) is 6.34. The van der Waals surface area contributed by atoms with Gasteiger partial charge in [0.05, 0.1) is 0 Å². The molecule has 0 nitrogen and oxygen atoms in total. The van der Waals surface area contributed by atoms with Crippen molar-refractivity contribution in [2.75, 3.05) is 24.6 Å². The summed E-state index contributed by atoms with van der Waals surface area (Å²) in [5.41, 5.74) is 5.77. The largest absolute Gasteiger partial charge is 0 e. The fourth-order valence-corrected chi connectivity index (χ4v) is 11.4. The van der Waals surface area contributed by atoms with Gasteiger partial charge in [-0.15, -0.1) is 0 Å². The molecule has 2 radical (unpaired) electrons. The van der Waals surface area contributed by atoms with Crippen LogP contribution in [0.1, 0.15) is 22.3 Å². The summed E-state index contributed by atoms with van der Waals surface area (Å²) >= 11 is 13.8. The second kappa shape index (κ2) is 19.6. The molecule has 0 saturated carbocycles. The monoisotopic (exact) mass is 866 g/mol. The van der Waals surface area contributed by atoms with Gasteiger partial charge in [-0.05, 0) is 0 Å². The number of hydrogen-bond acceptors (Lipinski definition) is 0. The number of benzene rings is 4. The molecule has 0 heterocycles. The minimum atomic E-state index is -1.02. The van der Waals surface area contributed by atoms with Crippen molar-refractivity contribution in [3.05, 3.63) is 144 Å². The summed E-state index contributed by atoms with van der Waals surface area (Å²) in [6.07, 6.45) is 9.70. The van der Waals surface area contributed by atoms with Crippen LogP contribution in [0.3, 0.4) is 0 Å². The molecular formula is C32H36P2Se4Zn. The van der Waals surface area contributed by atoms with Crippen LogP contribution in [0.25, 0.3) is 0 Å². The van der Waals surface area contributed by atoms with Crippen LogP contribution in [0.2, 0.25) is 0 Å². The van der Waals surface area contributed by atoms with Gasteiger partial charge in [0, 0.05) is 19.5 Å². The summed E-state index contributed by atoms with van der Waals surface area (Å²) in [4.78, 5) is 0. The Morgan fingerprint density at radius 2 is 0.538 bits per heavy atom. The predicted molar refractivity (Wildman–Crippen MR) is 177 cm³/mol. The van der Waals surface area contributed by atoms with E-state index in [1.807, 2.05) is 0 Å². The number of hydrogen-bond donors (Lipinski definition) is 0. The van der Waals surface area contributed by atoms with Gasteiger partial charge in [0.25, 0.3) is 0 Å². The van der Waals surface area contributed by atoms with Crippen LogP contribution in [0.15, 0.2) is 121 Å². The minimum Gasteiger partial charge on any atom is 0 e. The van der Waals surface area contributed by atoms with Crippen LogP contribution in [0.5, 0.6) is 0 Å². The molecule has 0 bridgehead atoms. The smallest absolute Gasteiger partial charge is 0 e. The van der Waals surface area contributed by atoms with Crippen molar-refractivity contribution in [3.63, 3.8) is 0 Å². The van der Waals surface area contributed by atoms with Crippen LogP contribution < -0.4 is 0 Å². The van der Waals surface area contributed by atoms with Crippen molar-refractivity contribution in [3.8, 4) is 0 Å². The van der Waals surface area contributed by atoms with Gasteiger partial charge in [-0.3, -0.25) is 0 Å². The first-order chi connectivity index (χ1) is 18.3. The average molecular weight is 864 g/mol. The first kappa shape index (κ1) is 35.6. The van der Waals surface area contributed by atoms with Crippen LogP contribution in [0, 0.1) is 0 Å². The van der Waals surface area contributed by atoms with Crippen molar-refractivity contribution in [1.29, 1.82) is 0 Å². The summed E-state index contributed by atoms with van der Waals surface area (Å²) in [7, 11) is 0. The molecule has 0 atom stereocenters. The predicted octanol–water partition coefficient (Wildman–Crippen LogP) is 7.31. The molecule has 0 unspecified atom stereocenters. The number of aryl methyl sites for hydroxylation is 4. The third kappa shape index (κ3) is 16.0. The van der Waals surface area contributed by atoms with Gasteiger partial charge in [0.1, 0.15) is 0 Å². The summed E-state index contributed by atoms with van der Waals surface area (Å²) < 4.78 is -2.05. The fourth-order valence-electron chi connectivity index (χ4n) is 4.00. The van der Waals surface area contributed by atoms with E-state index in [1.165, 1.54) is 72.6 Å². The molecule has 200 valence electrons. The van der Waals surface area contributed by atoms with E-state index >= 15 is 0 Å². The molecular weight excluding hydrogens is 828 g/mol. The van der Waals surface area contributed by atoms with Gasteiger partial charge in [-0.2, -0.15) is 0 Å². The first-order valence-electron chi connectivity index (χ1n) is 13.1. The third-order valence-corrected chi connectivity index (χ3v) is 19.1. The molecule has 7 heteroatoms. The molecule has 0 aliphatic heterocycles. The van der Waals surface area contributed by atoms with Crippen LogP contribution in [-0.2, 0) is 45.2 Å². The first-order valence-corrected chi connectivity index (χ1v) is 26.2. The minimum absolute atomic E-state index is 0. The van der Waals surface area contributed by atoms with Crippen LogP contribution >= 0.6 is 8.40 Å². The standard InChI is InChI=1S/2C16H18PSe2.Zn/c2*18-17(19,13-11-15-7-3-1-4-8-15)14-12-16-9-5-2-6-10-16;/h2*1-10H,11-14H2;. The maximum Gasteiger partial charge on any atom is 0 e. The molecule has 4 rings (SSSR count). The van der Waals surface area contributed by atoms with Crippen molar-refractivity contribution in [2.45, 2.75) is 25.7 Å². The average Bonchev–Trinajstić information content (AvgIpc) is 2.96. The van der Waals surface area contributed by atoms with E-state index in [0.29, 0.717) is 0 Å². The molecule has 0 saturated heterocycles. The summed E-state index contributed by atoms with van der Waals surface area (Å²) in [5, 5.41) is 0. The van der Waals surface area contributed by atoms with Crippen LogP contribution in [0.4, 0.5) is 0 Å². The Morgan fingerprint density at radius 1 is 0.359 bits per heavy atom. The normalized spacial score (nSPS) is 11.1. The molecule has 0 aliphatic carbocycles. The second-order valence-corrected chi connectivity index (χ2v) is 39.1. The Bertz CT molecular complexity index is 1090. The zero-order valence-electron chi connectivity index (χ0n) is 22.4. The summed E-state index contributed by atoms with van der Waals surface area (Å²) in [6.45, 7) is 0. The van der Waals surface area contributed by atoms with Gasteiger partial charge in [0.15, 0.2) is 0 Å². The van der Waals surface area contributed by atoms with Gasteiger partial charge in [0.2, 0.25) is 0 Å². The molecule has 0 fully saturated rings. The Hall–Kier alpha value is 0.441. The molecule has 0 spiro atoms. The molecule has 4 aromatic rings. The summed E-state index contributed by atoms with van der Waals surface area (Å²) in [6, 6.07) is 43.1. The molecule has 0 amide bonds.